The molecule has 0 aliphatic carbocycles. The molecule has 0 aromatic heterocycles. The number of nitriles is 1. The van der Waals surface area contributed by atoms with Crippen LogP contribution in [0.4, 0.5) is 0 Å². The van der Waals surface area contributed by atoms with Crippen LogP contribution in [0.25, 0.3) is 0 Å². The Morgan fingerprint density at radius 3 is 2.38 bits per heavy atom. The van der Waals surface area contributed by atoms with Gasteiger partial charge in [0.1, 0.15) is 0 Å². The monoisotopic (exact) mass is 225 g/mol. The van der Waals surface area contributed by atoms with Crippen molar-refractivity contribution in [2.24, 2.45) is 10.2 Å². The second-order valence-electron chi connectivity index (χ2n) is 4.84. The fraction of sp³-hybridized carbons (Fsp3) is 0.917. The van der Waals surface area contributed by atoms with E-state index in [4.69, 9.17) is 10.00 Å². The van der Waals surface area contributed by atoms with Gasteiger partial charge in [-0.25, -0.2) is 0 Å². The summed E-state index contributed by atoms with van der Waals surface area (Å²) in [6.45, 7) is 8.49. The van der Waals surface area contributed by atoms with Crippen LogP contribution in [0.1, 0.15) is 47.0 Å². The minimum atomic E-state index is -0.784. The quantitative estimate of drug-likeness (QED) is 0.493. The molecule has 0 aromatic carbocycles. The Hall–Kier alpha value is -0.950. The zero-order chi connectivity index (χ0) is 12.7. The van der Waals surface area contributed by atoms with Crippen molar-refractivity contribution in [3.63, 3.8) is 0 Å². The maximum Gasteiger partial charge on any atom is 0.167 e. The molecule has 0 saturated heterocycles. The van der Waals surface area contributed by atoms with E-state index in [0.29, 0.717) is 13.0 Å². The van der Waals surface area contributed by atoms with Gasteiger partial charge in [-0.15, -0.1) is 0 Å². The maximum absolute atomic E-state index is 9.14. The topological polar surface area (TPSA) is 57.7 Å². The first-order valence-corrected chi connectivity index (χ1v) is 5.74. The zero-order valence-electron chi connectivity index (χ0n) is 11.1. The van der Waals surface area contributed by atoms with E-state index in [1.807, 2.05) is 13.8 Å². The largest absolute Gasteiger partial charge is 0.379 e. The molecule has 1 unspecified atom stereocenters. The fourth-order valence-corrected chi connectivity index (χ4v) is 1.43. The lowest BCUT2D eigenvalue weighted by molar-refractivity contribution is 0.00482. The molecule has 0 N–H and O–H groups in total. The average Bonchev–Trinajstić information content (AvgIpc) is 2.24. The normalized spacial score (nSPS) is 16.0. The standard InChI is InChI=1S/C12H23N3O/c1-6-7-8-14-15-12(4,10-13)9-11(2,3)16-5/h6-9H2,1-5H3/b15-14+. The third kappa shape index (κ3) is 5.82. The molecule has 0 bridgehead atoms. The Labute approximate surface area is 98.7 Å². The molecule has 4 nitrogen and oxygen atoms in total. The molecule has 16 heavy (non-hydrogen) atoms. The van der Waals surface area contributed by atoms with Crippen molar-refractivity contribution in [2.75, 3.05) is 13.7 Å². The first kappa shape index (κ1) is 15.0. The van der Waals surface area contributed by atoms with Gasteiger partial charge in [0.2, 0.25) is 0 Å². The summed E-state index contributed by atoms with van der Waals surface area (Å²) < 4.78 is 5.31. The van der Waals surface area contributed by atoms with Gasteiger partial charge in [-0.1, -0.05) is 13.3 Å². The maximum atomic E-state index is 9.14. The van der Waals surface area contributed by atoms with E-state index < -0.39 is 5.54 Å². The van der Waals surface area contributed by atoms with Crippen molar-refractivity contribution < 1.29 is 4.74 Å². The van der Waals surface area contributed by atoms with Crippen LogP contribution in [-0.4, -0.2) is 24.8 Å². The van der Waals surface area contributed by atoms with E-state index in [-0.39, 0.29) is 5.60 Å². The lowest BCUT2D eigenvalue weighted by Crippen LogP contribution is -2.34. The van der Waals surface area contributed by atoms with E-state index in [1.165, 1.54) is 0 Å². The summed E-state index contributed by atoms with van der Waals surface area (Å²) in [6.07, 6.45) is 2.65. The molecule has 0 radical (unpaired) electrons. The van der Waals surface area contributed by atoms with Crippen molar-refractivity contribution in [2.45, 2.75) is 58.1 Å². The number of azo groups is 1. The molecule has 0 amide bonds. The van der Waals surface area contributed by atoms with Gasteiger partial charge in [0.25, 0.3) is 0 Å². The van der Waals surface area contributed by atoms with E-state index in [1.54, 1.807) is 14.0 Å². The smallest absolute Gasteiger partial charge is 0.167 e. The van der Waals surface area contributed by atoms with Gasteiger partial charge in [0, 0.05) is 13.5 Å². The highest BCUT2D eigenvalue weighted by atomic mass is 16.5. The molecule has 1 atom stereocenters. The Balaban J connectivity index is 4.44. The van der Waals surface area contributed by atoms with Gasteiger partial charge in [-0.2, -0.15) is 15.5 Å². The number of methoxy groups -OCH3 is 1. The third-order valence-corrected chi connectivity index (χ3v) is 2.47. The summed E-state index contributed by atoms with van der Waals surface area (Å²) >= 11 is 0. The number of rotatable bonds is 7. The first-order chi connectivity index (χ1) is 7.39. The summed E-state index contributed by atoms with van der Waals surface area (Å²) in [6, 6.07) is 2.21. The number of unbranched alkanes of at least 4 members (excludes halogenated alkanes) is 1. The number of hydrogen-bond acceptors (Lipinski definition) is 4. The Morgan fingerprint density at radius 2 is 1.94 bits per heavy atom. The summed E-state index contributed by atoms with van der Waals surface area (Å²) in [7, 11) is 1.64. The van der Waals surface area contributed by atoms with E-state index in [2.05, 4.69) is 23.2 Å². The second-order valence-corrected chi connectivity index (χ2v) is 4.84. The van der Waals surface area contributed by atoms with E-state index >= 15 is 0 Å². The molecular formula is C12H23N3O. The first-order valence-electron chi connectivity index (χ1n) is 5.74. The average molecular weight is 225 g/mol. The van der Waals surface area contributed by atoms with Crippen LogP contribution < -0.4 is 0 Å². The highest BCUT2D eigenvalue weighted by Crippen LogP contribution is 2.26. The van der Waals surface area contributed by atoms with Gasteiger partial charge in [0.05, 0.1) is 18.2 Å². The van der Waals surface area contributed by atoms with Crippen LogP contribution >= 0.6 is 0 Å². The lowest BCUT2D eigenvalue weighted by Gasteiger charge is -2.28. The highest BCUT2D eigenvalue weighted by molar-refractivity contribution is 5.06. The molecule has 0 aromatic rings. The minimum absolute atomic E-state index is 0.353. The summed E-state index contributed by atoms with van der Waals surface area (Å²) in [4.78, 5) is 0. The van der Waals surface area contributed by atoms with Crippen LogP contribution in [0, 0.1) is 11.3 Å². The van der Waals surface area contributed by atoms with Crippen molar-refractivity contribution in [1.29, 1.82) is 5.26 Å². The van der Waals surface area contributed by atoms with Crippen LogP contribution in [0.15, 0.2) is 10.2 Å². The lowest BCUT2D eigenvalue weighted by atomic mass is 9.90. The minimum Gasteiger partial charge on any atom is -0.379 e. The van der Waals surface area contributed by atoms with Crippen molar-refractivity contribution in [1.82, 2.24) is 0 Å². The van der Waals surface area contributed by atoms with Crippen LogP contribution in [-0.2, 0) is 4.74 Å². The van der Waals surface area contributed by atoms with Crippen LogP contribution in [0.5, 0.6) is 0 Å². The van der Waals surface area contributed by atoms with Gasteiger partial charge in [-0.3, -0.25) is 0 Å². The van der Waals surface area contributed by atoms with Crippen molar-refractivity contribution in [3.05, 3.63) is 0 Å². The third-order valence-electron chi connectivity index (χ3n) is 2.47. The molecular weight excluding hydrogens is 202 g/mol. The van der Waals surface area contributed by atoms with E-state index in [0.717, 1.165) is 12.8 Å². The van der Waals surface area contributed by atoms with Crippen LogP contribution in [0.2, 0.25) is 0 Å². The van der Waals surface area contributed by atoms with Crippen molar-refractivity contribution in [3.8, 4) is 6.07 Å². The summed E-state index contributed by atoms with van der Waals surface area (Å²) in [5.74, 6) is 0. The molecule has 0 aliphatic rings. The Bertz CT molecular complexity index is 268. The predicted molar refractivity (Wildman–Crippen MR) is 64.4 cm³/mol. The zero-order valence-corrected chi connectivity index (χ0v) is 11.1. The molecule has 0 heterocycles. The second kappa shape index (κ2) is 6.59. The number of ether oxygens (including phenoxy) is 1. The Kier molecular flexibility index (Phi) is 6.20. The van der Waals surface area contributed by atoms with Gasteiger partial charge >= 0.3 is 0 Å². The van der Waals surface area contributed by atoms with E-state index in [9.17, 15) is 0 Å². The Morgan fingerprint density at radius 1 is 1.31 bits per heavy atom. The van der Waals surface area contributed by atoms with Gasteiger partial charge in [-0.05, 0) is 27.2 Å². The molecule has 0 aliphatic heterocycles. The molecule has 92 valence electrons. The molecule has 0 spiro atoms. The molecule has 0 fully saturated rings. The van der Waals surface area contributed by atoms with Gasteiger partial charge in [0.15, 0.2) is 5.54 Å². The summed E-state index contributed by atoms with van der Waals surface area (Å²) in [5.41, 5.74) is -1.14. The highest BCUT2D eigenvalue weighted by Gasteiger charge is 2.32. The summed E-state index contributed by atoms with van der Waals surface area (Å²) in [5, 5.41) is 17.3. The van der Waals surface area contributed by atoms with Crippen molar-refractivity contribution >= 4 is 0 Å². The van der Waals surface area contributed by atoms with Gasteiger partial charge < -0.3 is 4.74 Å². The SMILES string of the molecule is CCCC/N=N/C(C)(C#N)CC(C)(C)OC. The fourth-order valence-electron chi connectivity index (χ4n) is 1.43. The predicted octanol–water partition coefficient (Wildman–Crippen LogP) is 3.34. The number of hydrogen-bond donors (Lipinski definition) is 0. The molecule has 4 heteroatoms. The number of nitrogens with zero attached hydrogens (tertiary/aromatic N) is 3. The molecule has 0 rings (SSSR count). The van der Waals surface area contributed by atoms with Crippen LogP contribution in [0.3, 0.4) is 0 Å². The molecule has 0 saturated carbocycles.